The van der Waals surface area contributed by atoms with Gasteiger partial charge in [-0.3, -0.25) is 0 Å². The lowest BCUT2D eigenvalue weighted by molar-refractivity contribution is -0.124. The zero-order valence-corrected chi connectivity index (χ0v) is 9.08. The Hall–Kier alpha value is -0.250. The molecule has 0 amide bonds. The van der Waals surface area contributed by atoms with Gasteiger partial charge >= 0.3 is 6.18 Å². The molecule has 0 spiro atoms. The lowest BCUT2D eigenvalue weighted by Gasteiger charge is -2.14. The molecule has 0 unspecified atom stereocenters. The number of rotatable bonds is 4. The molecule has 4 heteroatoms. The van der Waals surface area contributed by atoms with Gasteiger partial charge in [0.05, 0.1) is 6.54 Å². The molecule has 0 aromatic rings. The molecule has 1 N–H and O–H groups in total. The van der Waals surface area contributed by atoms with Crippen LogP contribution < -0.4 is 5.32 Å². The highest BCUT2D eigenvalue weighted by Crippen LogP contribution is 2.24. The molecule has 1 saturated carbocycles. The molecule has 0 saturated heterocycles. The number of halogens is 3. The van der Waals surface area contributed by atoms with Gasteiger partial charge in [-0.25, -0.2) is 0 Å². The lowest BCUT2D eigenvalue weighted by atomic mass is 9.97. The first-order valence-corrected chi connectivity index (χ1v) is 5.85. The van der Waals surface area contributed by atoms with Crippen molar-refractivity contribution in [3.63, 3.8) is 0 Å². The van der Waals surface area contributed by atoms with Gasteiger partial charge in [0.2, 0.25) is 0 Å². The van der Waals surface area contributed by atoms with Crippen molar-refractivity contribution < 1.29 is 13.2 Å². The van der Waals surface area contributed by atoms with E-state index in [2.05, 4.69) is 5.32 Å². The quantitative estimate of drug-likeness (QED) is 0.568. The Morgan fingerprint density at radius 3 is 2.13 bits per heavy atom. The Balaban J connectivity index is 2.03. The van der Waals surface area contributed by atoms with Crippen molar-refractivity contribution >= 4 is 0 Å². The molecule has 0 radical (unpaired) electrons. The van der Waals surface area contributed by atoms with Crippen LogP contribution >= 0.6 is 0 Å². The highest BCUT2D eigenvalue weighted by molar-refractivity contribution is 4.66. The lowest BCUT2D eigenvalue weighted by Crippen LogP contribution is -2.30. The second kappa shape index (κ2) is 6.36. The topological polar surface area (TPSA) is 12.0 Å². The summed E-state index contributed by atoms with van der Waals surface area (Å²) in [4.78, 5) is 0. The van der Waals surface area contributed by atoms with Crippen LogP contribution in [0.1, 0.15) is 44.9 Å². The maximum atomic E-state index is 11.8. The summed E-state index contributed by atoms with van der Waals surface area (Å²) >= 11 is 0. The van der Waals surface area contributed by atoms with E-state index >= 15 is 0 Å². The first-order valence-electron chi connectivity index (χ1n) is 5.85. The van der Waals surface area contributed by atoms with Gasteiger partial charge in [-0.2, -0.15) is 13.2 Å². The summed E-state index contributed by atoms with van der Waals surface area (Å²) in [6, 6.07) is 0. The second-order valence-corrected chi connectivity index (χ2v) is 4.44. The third-order valence-corrected chi connectivity index (χ3v) is 3.03. The SMILES string of the molecule is FC(F)(F)CNCCC1CCCCCC1. The minimum absolute atomic E-state index is 0.504. The number of nitrogens with one attached hydrogen (secondary N) is 1. The van der Waals surface area contributed by atoms with Gasteiger partial charge in [-0.05, 0) is 18.9 Å². The van der Waals surface area contributed by atoms with Crippen molar-refractivity contribution in [2.45, 2.75) is 51.1 Å². The molecule has 0 heterocycles. The average Bonchev–Trinajstić information content (AvgIpc) is 2.39. The van der Waals surface area contributed by atoms with Gasteiger partial charge in [0, 0.05) is 0 Å². The molecule has 90 valence electrons. The minimum Gasteiger partial charge on any atom is -0.309 e. The van der Waals surface area contributed by atoms with E-state index in [-0.39, 0.29) is 0 Å². The van der Waals surface area contributed by atoms with Crippen LogP contribution in [0.25, 0.3) is 0 Å². The van der Waals surface area contributed by atoms with Crippen LogP contribution in [0.5, 0.6) is 0 Å². The summed E-state index contributed by atoms with van der Waals surface area (Å²) in [5, 5.41) is 2.47. The van der Waals surface area contributed by atoms with E-state index in [4.69, 9.17) is 0 Å². The third kappa shape index (κ3) is 6.77. The summed E-state index contributed by atoms with van der Waals surface area (Å²) in [5.41, 5.74) is 0. The van der Waals surface area contributed by atoms with Gasteiger partial charge in [0.15, 0.2) is 0 Å². The Kier molecular flexibility index (Phi) is 5.43. The van der Waals surface area contributed by atoms with Crippen LogP contribution in [-0.2, 0) is 0 Å². The van der Waals surface area contributed by atoms with Crippen LogP contribution in [0.3, 0.4) is 0 Å². The van der Waals surface area contributed by atoms with E-state index in [1.54, 1.807) is 0 Å². The molecule has 1 fully saturated rings. The highest BCUT2D eigenvalue weighted by Gasteiger charge is 2.26. The molecule has 15 heavy (non-hydrogen) atoms. The molecule has 1 aliphatic rings. The van der Waals surface area contributed by atoms with E-state index in [1.807, 2.05) is 0 Å². The van der Waals surface area contributed by atoms with Crippen molar-refractivity contribution in [2.24, 2.45) is 5.92 Å². The van der Waals surface area contributed by atoms with Gasteiger partial charge < -0.3 is 5.32 Å². The molecule has 0 bridgehead atoms. The van der Waals surface area contributed by atoms with E-state index < -0.39 is 12.7 Å². The fourth-order valence-electron chi connectivity index (χ4n) is 2.19. The van der Waals surface area contributed by atoms with Crippen LogP contribution in [0, 0.1) is 5.92 Å². The fraction of sp³-hybridized carbons (Fsp3) is 1.00. The Morgan fingerprint density at radius 1 is 1.00 bits per heavy atom. The molecular formula is C11H20F3N. The first-order chi connectivity index (χ1) is 7.08. The molecule has 1 aliphatic carbocycles. The second-order valence-electron chi connectivity index (χ2n) is 4.44. The standard InChI is InChI=1S/C11H20F3N/c12-11(13,14)9-15-8-7-10-5-3-1-2-4-6-10/h10,15H,1-9H2. The van der Waals surface area contributed by atoms with E-state index in [0.29, 0.717) is 12.5 Å². The van der Waals surface area contributed by atoms with Gasteiger partial charge in [-0.15, -0.1) is 0 Å². The molecule has 0 aromatic carbocycles. The van der Waals surface area contributed by atoms with Crippen molar-refractivity contribution in [3.05, 3.63) is 0 Å². The normalized spacial score (nSPS) is 20.2. The van der Waals surface area contributed by atoms with Crippen molar-refractivity contribution in [2.75, 3.05) is 13.1 Å². The van der Waals surface area contributed by atoms with Crippen molar-refractivity contribution in [1.29, 1.82) is 0 Å². The fourth-order valence-corrected chi connectivity index (χ4v) is 2.19. The predicted octanol–water partition coefficient (Wildman–Crippen LogP) is 3.50. The molecule has 1 nitrogen and oxygen atoms in total. The van der Waals surface area contributed by atoms with Crippen LogP contribution in [0.15, 0.2) is 0 Å². The monoisotopic (exact) mass is 223 g/mol. The molecule has 1 rings (SSSR count). The summed E-state index contributed by atoms with van der Waals surface area (Å²) in [5.74, 6) is 0.647. The van der Waals surface area contributed by atoms with Crippen LogP contribution in [0.4, 0.5) is 13.2 Å². The first kappa shape index (κ1) is 12.8. The number of alkyl halides is 3. The van der Waals surface area contributed by atoms with E-state index in [9.17, 15) is 13.2 Å². The smallest absolute Gasteiger partial charge is 0.309 e. The molecule has 0 atom stereocenters. The van der Waals surface area contributed by atoms with Crippen LogP contribution in [0.2, 0.25) is 0 Å². The number of hydrogen-bond donors (Lipinski definition) is 1. The third-order valence-electron chi connectivity index (χ3n) is 3.03. The zero-order chi connectivity index (χ0) is 11.1. The summed E-state index contributed by atoms with van der Waals surface area (Å²) in [6.45, 7) is -0.343. The van der Waals surface area contributed by atoms with Gasteiger partial charge in [0.1, 0.15) is 0 Å². The van der Waals surface area contributed by atoms with Gasteiger partial charge in [0.25, 0.3) is 0 Å². The van der Waals surface area contributed by atoms with Gasteiger partial charge in [-0.1, -0.05) is 38.5 Å². The Morgan fingerprint density at radius 2 is 1.60 bits per heavy atom. The zero-order valence-electron chi connectivity index (χ0n) is 9.08. The Bertz CT molecular complexity index is 160. The Labute approximate surface area is 89.4 Å². The van der Waals surface area contributed by atoms with Crippen molar-refractivity contribution in [1.82, 2.24) is 5.32 Å². The van der Waals surface area contributed by atoms with E-state index in [0.717, 1.165) is 6.42 Å². The maximum Gasteiger partial charge on any atom is 0.401 e. The summed E-state index contributed by atoms with van der Waals surface area (Å²) < 4.78 is 35.5. The van der Waals surface area contributed by atoms with Crippen LogP contribution in [-0.4, -0.2) is 19.3 Å². The largest absolute Gasteiger partial charge is 0.401 e. The predicted molar refractivity (Wildman–Crippen MR) is 54.7 cm³/mol. The molecule has 0 aliphatic heterocycles. The van der Waals surface area contributed by atoms with Crippen molar-refractivity contribution in [3.8, 4) is 0 Å². The molecular weight excluding hydrogens is 203 g/mol. The summed E-state index contributed by atoms with van der Waals surface area (Å²) in [7, 11) is 0. The minimum atomic E-state index is -4.07. The number of hydrogen-bond acceptors (Lipinski definition) is 1. The average molecular weight is 223 g/mol. The molecule has 0 aromatic heterocycles. The highest BCUT2D eigenvalue weighted by atomic mass is 19.4. The summed E-state index contributed by atoms with van der Waals surface area (Å²) in [6.07, 6.45) is 4.34. The maximum absolute atomic E-state index is 11.8. The van der Waals surface area contributed by atoms with E-state index in [1.165, 1.54) is 38.5 Å².